The molecule has 1 fully saturated rings. The van der Waals surface area contributed by atoms with Crippen molar-refractivity contribution in [3.05, 3.63) is 34.4 Å². The number of hydrogen-bond acceptors (Lipinski definition) is 2. The number of carbonyl (C=O) groups is 1. The van der Waals surface area contributed by atoms with Crippen LogP contribution >= 0.6 is 0 Å². The van der Waals surface area contributed by atoms with Gasteiger partial charge < -0.3 is 5.11 Å². The van der Waals surface area contributed by atoms with Gasteiger partial charge in [0, 0.05) is 6.04 Å². The first-order valence-corrected chi connectivity index (χ1v) is 7.50. The molecule has 1 heterocycles. The zero-order valence-corrected chi connectivity index (χ0v) is 12.8. The second-order valence-corrected chi connectivity index (χ2v) is 6.08. The van der Waals surface area contributed by atoms with Gasteiger partial charge in [0.05, 0.1) is 6.42 Å². The van der Waals surface area contributed by atoms with E-state index in [1.807, 2.05) is 0 Å². The number of carboxylic acid groups (broad SMARTS) is 1. The van der Waals surface area contributed by atoms with Crippen LogP contribution in [0.3, 0.4) is 0 Å². The van der Waals surface area contributed by atoms with Gasteiger partial charge in [0.2, 0.25) is 0 Å². The second-order valence-electron chi connectivity index (χ2n) is 6.08. The van der Waals surface area contributed by atoms with Crippen molar-refractivity contribution in [3.63, 3.8) is 0 Å². The van der Waals surface area contributed by atoms with Crippen LogP contribution in [-0.2, 0) is 11.2 Å². The molecule has 0 aliphatic carbocycles. The highest BCUT2D eigenvalue weighted by atomic mass is 16.4. The molecule has 0 radical (unpaired) electrons. The lowest BCUT2D eigenvalue weighted by Crippen LogP contribution is -2.36. The summed E-state index contributed by atoms with van der Waals surface area (Å²) in [5.74, 6) is -0.690. The fraction of sp³-hybridized carbons (Fsp3) is 0.588. The number of benzene rings is 1. The van der Waals surface area contributed by atoms with Crippen LogP contribution < -0.4 is 0 Å². The number of aryl methyl sites for hydroxylation is 3. The molecular formula is C17H25NO2. The van der Waals surface area contributed by atoms with Crippen LogP contribution in [-0.4, -0.2) is 35.1 Å². The highest BCUT2D eigenvalue weighted by Gasteiger charge is 2.25. The Bertz CT molecular complexity index is 467. The van der Waals surface area contributed by atoms with E-state index in [9.17, 15) is 9.90 Å². The predicted octanol–water partition coefficient (Wildman–Crippen LogP) is 3.09. The van der Waals surface area contributed by atoms with Crippen molar-refractivity contribution in [2.24, 2.45) is 0 Å². The van der Waals surface area contributed by atoms with Crippen molar-refractivity contribution in [2.45, 2.75) is 52.5 Å². The van der Waals surface area contributed by atoms with E-state index < -0.39 is 5.97 Å². The Morgan fingerprint density at radius 3 is 2.25 bits per heavy atom. The van der Waals surface area contributed by atoms with Crippen molar-refractivity contribution < 1.29 is 9.90 Å². The minimum Gasteiger partial charge on any atom is -0.481 e. The zero-order valence-electron chi connectivity index (χ0n) is 12.8. The molecule has 3 heteroatoms. The molecule has 1 aliphatic heterocycles. The summed E-state index contributed by atoms with van der Waals surface area (Å²) in [5, 5.41) is 9.18. The number of rotatable bonds is 5. The fourth-order valence-electron chi connectivity index (χ4n) is 3.41. The Morgan fingerprint density at radius 2 is 1.75 bits per heavy atom. The average molecular weight is 275 g/mol. The molecule has 1 unspecified atom stereocenters. The van der Waals surface area contributed by atoms with Crippen molar-refractivity contribution in [2.75, 3.05) is 13.1 Å². The number of carboxylic acids is 1. The van der Waals surface area contributed by atoms with Crippen molar-refractivity contribution in [1.82, 2.24) is 4.90 Å². The van der Waals surface area contributed by atoms with E-state index in [0.29, 0.717) is 0 Å². The molecule has 0 saturated carbocycles. The third-order valence-corrected chi connectivity index (χ3v) is 4.35. The maximum Gasteiger partial charge on any atom is 0.304 e. The Hall–Kier alpha value is -1.35. The Morgan fingerprint density at radius 1 is 1.20 bits per heavy atom. The molecule has 0 amide bonds. The van der Waals surface area contributed by atoms with E-state index in [2.05, 4.69) is 37.8 Å². The molecule has 3 nitrogen and oxygen atoms in total. The number of nitrogens with zero attached hydrogens (tertiary/aromatic N) is 1. The molecule has 1 N–H and O–H groups in total. The summed E-state index contributed by atoms with van der Waals surface area (Å²) in [7, 11) is 0. The van der Waals surface area contributed by atoms with Gasteiger partial charge in [-0.2, -0.15) is 0 Å². The molecular weight excluding hydrogens is 250 g/mol. The largest absolute Gasteiger partial charge is 0.481 e. The first-order valence-electron chi connectivity index (χ1n) is 7.50. The lowest BCUT2D eigenvalue weighted by atomic mass is 9.93. The topological polar surface area (TPSA) is 40.5 Å². The molecule has 0 aromatic heterocycles. The molecule has 0 spiro atoms. The molecule has 2 rings (SSSR count). The van der Waals surface area contributed by atoms with Crippen LogP contribution in [0.4, 0.5) is 0 Å². The standard InChI is InChI=1S/C17H25NO2/c1-12-8-13(2)16(14(3)9-12)10-15(11-17(19)20)18-6-4-5-7-18/h8-9,15H,4-7,10-11H2,1-3H3,(H,19,20). The van der Waals surface area contributed by atoms with Gasteiger partial charge in [-0.15, -0.1) is 0 Å². The highest BCUT2D eigenvalue weighted by molar-refractivity contribution is 5.67. The van der Waals surface area contributed by atoms with Crippen LogP contribution in [0, 0.1) is 20.8 Å². The molecule has 110 valence electrons. The smallest absolute Gasteiger partial charge is 0.304 e. The monoisotopic (exact) mass is 275 g/mol. The summed E-state index contributed by atoms with van der Waals surface area (Å²) in [4.78, 5) is 13.5. The van der Waals surface area contributed by atoms with Gasteiger partial charge in [0.1, 0.15) is 0 Å². The van der Waals surface area contributed by atoms with Crippen LogP contribution in [0.2, 0.25) is 0 Å². The summed E-state index contributed by atoms with van der Waals surface area (Å²) >= 11 is 0. The van der Waals surface area contributed by atoms with E-state index in [1.165, 1.54) is 35.1 Å². The maximum atomic E-state index is 11.2. The van der Waals surface area contributed by atoms with Crippen molar-refractivity contribution in [1.29, 1.82) is 0 Å². The SMILES string of the molecule is Cc1cc(C)c(CC(CC(=O)O)N2CCCC2)c(C)c1. The summed E-state index contributed by atoms with van der Waals surface area (Å²) in [5.41, 5.74) is 5.18. The minimum absolute atomic E-state index is 0.134. The van der Waals surface area contributed by atoms with Gasteiger partial charge in [-0.05, 0) is 69.8 Å². The maximum absolute atomic E-state index is 11.2. The van der Waals surface area contributed by atoms with Crippen LogP contribution in [0.5, 0.6) is 0 Å². The quantitative estimate of drug-likeness (QED) is 0.897. The lowest BCUT2D eigenvalue weighted by Gasteiger charge is -2.27. The van der Waals surface area contributed by atoms with Gasteiger partial charge in [-0.25, -0.2) is 0 Å². The third kappa shape index (κ3) is 3.60. The second kappa shape index (κ2) is 6.40. The van der Waals surface area contributed by atoms with Gasteiger partial charge in [-0.3, -0.25) is 9.69 Å². The van der Waals surface area contributed by atoms with Gasteiger partial charge >= 0.3 is 5.97 Å². The van der Waals surface area contributed by atoms with Crippen LogP contribution in [0.25, 0.3) is 0 Å². The summed E-state index contributed by atoms with van der Waals surface area (Å²) in [6.45, 7) is 8.47. The Labute approximate surface area is 121 Å². The van der Waals surface area contributed by atoms with E-state index >= 15 is 0 Å². The molecule has 1 saturated heterocycles. The fourth-order valence-corrected chi connectivity index (χ4v) is 3.41. The van der Waals surface area contributed by atoms with Crippen LogP contribution in [0.15, 0.2) is 12.1 Å². The summed E-state index contributed by atoms with van der Waals surface area (Å²) < 4.78 is 0. The van der Waals surface area contributed by atoms with Crippen LogP contribution in [0.1, 0.15) is 41.5 Å². The molecule has 0 bridgehead atoms. The first kappa shape index (κ1) is 15.0. The third-order valence-electron chi connectivity index (χ3n) is 4.35. The molecule has 20 heavy (non-hydrogen) atoms. The van der Waals surface area contributed by atoms with Crippen molar-refractivity contribution in [3.8, 4) is 0 Å². The lowest BCUT2D eigenvalue weighted by molar-refractivity contribution is -0.138. The normalized spacial score (nSPS) is 17.4. The van der Waals surface area contributed by atoms with E-state index in [-0.39, 0.29) is 12.5 Å². The number of hydrogen-bond donors (Lipinski definition) is 1. The molecule has 1 aromatic carbocycles. The molecule has 1 atom stereocenters. The van der Waals surface area contributed by atoms with E-state index in [0.717, 1.165) is 19.5 Å². The van der Waals surface area contributed by atoms with Gasteiger partial charge in [-0.1, -0.05) is 17.7 Å². The zero-order chi connectivity index (χ0) is 14.7. The summed E-state index contributed by atoms with van der Waals surface area (Å²) in [6.07, 6.45) is 3.49. The van der Waals surface area contributed by atoms with Crippen molar-refractivity contribution >= 4 is 5.97 Å². The predicted molar refractivity (Wildman–Crippen MR) is 81.2 cm³/mol. The number of likely N-dealkylation sites (tertiary alicyclic amines) is 1. The Kier molecular flexibility index (Phi) is 4.81. The number of aliphatic carboxylic acids is 1. The Balaban J connectivity index is 2.20. The first-order chi connectivity index (χ1) is 9.47. The molecule has 1 aliphatic rings. The van der Waals surface area contributed by atoms with E-state index in [4.69, 9.17) is 0 Å². The average Bonchev–Trinajstić information content (AvgIpc) is 2.85. The minimum atomic E-state index is -0.690. The highest BCUT2D eigenvalue weighted by Crippen LogP contribution is 2.23. The molecule has 1 aromatic rings. The van der Waals surface area contributed by atoms with Gasteiger partial charge in [0.15, 0.2) is 0 Å². The van der Waals surface area contributed by atoms with Gasteiger partial charge in [0.25, 0.3) is 0 Å². The van der Waals surface area contributed by atoms with E-state index in [1.54, 1.807) is 0 Å². The summed E-state index contributed by atoms with van der Waals surface area (Å²) in [6, 6.07) is 4.53.